The Morgan fingerprint density at radius 2 is 2.14 bits per heavy atom. The van der Waals surface area contributed by atoms with Crippen LogP contribution in [0, 0.1) is 0 Å². The molecule has 0 aliphatic heterocycles. The van der Waals surface area contributed by atoms with Crippen LogP contribution >= 0.6 is 11.3 Å². The number of hydrogen-bond donors (Lipinski definition) is 2. The lowest BCUT2D eigenvalue weighted by Gasteiger charge is -2.11. The second kappa shape index (κ2) is 6.67. The molecule has 6 heteroatoms. The number of rotatable bonds is 5. The number of amides is 1. The molecule has 0 fully saturated rings. The molecule has 5 nitrogen and oxygen atoms in total. The van der Waals surface area contributed by atoms with E-state index in [4.69, 9.17) is 0 Å². The maximum atomic E-state index is 12.2. The summed E-state index contributed by atoms with van der Waals surface area (Å²) < 4.78 is 0. The number of nitrogens with zero attached hydrogens (tertiary/aromatic N) is 1. The van der Waals surface area contributed by atoms with E-state index >= 15 is 0 Å². The van der Waals surface area contributed by atoms with Crippen LogP contribution in [-0.2, 0) is 12.8 Å². The summed E-state index contributed by atoms with van der Waals surface area (Å²) in [4.78, 5) is 30.9. The minimum Gasteiger partial charge on any atom is -0.343 e. The lowest BCUT2D eigenvalue weighted by molar-refractivity contribution is 0.0939. The highest BCUT2D eigenvalue weighted by Crippen LogP contribution is 2.18. The number of H-pyrrole nitrogens is 1. The molecule has 0 aromatic carbocycles. The third-order valence-corrected chi connectivity index (χ3v) is 4.27. The van der Waals surface area contributed by atoms with E-state index in [9.17, 15) is 9.59 Å². The third-order valence-electron chi connectivity index (χ3n) is 3.19. The van der Waals surface area contributed by atoms with Crippen molar-refractivity contribution in [1.82, 2.24) is 15.3 Å². The van der Waals surface area contributed by atoms with Crippen LogP contribution in [0.2, 0.25) is 0 Å². The number of carbonyl (C=O) groups is 1. The van der Waals surface area contributed by atoms with Gasteiger partial charge in [-0.3, -0.25) is 9.59 Å². The maximum absolute atomic E-state index is 12.2. The highest BCUT2D eigenvalue weighted by Gasteiger charge is 2.15. The Hall–Kier alpha value is -1.95. The van der Waals surface area contributed by atoms with Crippen LogP contribution in [0.15, 0.2) is 22.3 Å². The zero-order valence-electron chi connectivity index (χ0n) is 12.4. The number of aromatic nitrogens is 2. The monoisotopic (exact) mass is 305 g/mol. The Morgan fingerprint density at radius 1 is 1.38 bits per heavy atom. The molecule has 112 valence electrons. The second-order valence-electron chi connectivity index (χ2n) is 4.84. The van der Waals surface area contributed by atoms with Crippen molar-refractivity contribution < 1.29 is 4.79 Å². The molecule has 2 aromatic heterocycles. The molecule has 2 rings (SSSR count). The van der Waals surface area contributed by atoms with Crippen LogP contribution in [0.4, 0.5) is 0 Å². The van der Waals surface area contributed by atoms with Crippen LogP contribution in [0.3, 0.4) is 0 Å². The number of pyridine rings is 1. The fourth-order valence-corrected chi connectivity index (χ4v) is 2.86. The molecule has 0 bridgehead atoms. The number of thiazole rings is 1. The number of aryl methyl sites for hydroxylation is 2. The van der Waals surface area contributed by atoms with E-state index in [0.717, 1.165) is 22.8 Å². The lowest BCUT2D eigenvalue weighted by Crippen LogP contribution is -2.28. The summed E-state index contributed by atoms with van der Waals surface area (Å²) in [7, 11) is 0. The molecular weight excluding hydrogens is 286 g/mol. The van der Waals surface area contributed by atoms with Gasteiger partial charge in [0.15, 0.2) is 0 Å². The zero-order valence-corrected chi connectivity index (χ0v) is 13.2. The molecular formula is C15H19N3O2S. The molecule has 0 saturated carbocycles. The van der Waals surface area contributed by atoms with Crippen molar-refractivity contribution in [2.24, 2.45) is 0 Å². The number of nitrogens with one attached hydrogen (secondary N) is 2. The topological polar surface area (TPSA) is 74.8 Å². The summed E-state index contributed by atoms with van der Waals surface area (Å²) in [5, 5.41) is 5.76. The Labute approximate surface area is 127 Å². The predicted octanol–water partition coefficient (Wildman–Crippen LogP) is 2.45. The molecule has 1 atom stereocenters. The average Bonchev–Trinajstić information content (AvgIpc) is 2.95. The quantitative estimate of drug-likeness (QED) is 0.891. The highest BCUT2D eigenvalue weighted by atomic mass is 32.1. The van der Waals surface area contributed by atoms with Gasteiger partial charge in [0.05, 0.1) is 11.7 Å². The standard InChI is InChI=1S/C15H19N3O2S/c1-4-11-6-10(7-13(19)17-11)14(20)16-9(3)15-18-12(5-2)8-21-15/h6-9H,4-5H2,1-3H3,(H,16,20)(H,17,19). The van der Waals surface area contributed by atoms with E-state index in [0.29, 0.717) is 12.0 Å². The summed E-state index contributed by atoms with van der Waals surface area (Å²) in [5.74, 6) is -0.253. The van der Waals surface area contributed by atoms with Gasteiger partial charge in [-0.1, -0.05) is 13.8 Å². The molecule has 2 N–H and O–H groups in total. The van der Waals surface area contributed by atoms with E-state index in [1.54, 1.807) is 6.07 Å². The first-order chi connectivity index (χ1) is 10.0. The Kier molecular flexibility index (Phi) is 4.90. The van der Waals surface area contributed by atoms with Gasteiger partial charge in [0, 0.05) is 22.7 Å². The van der Waals surface area contributed by atoms with Crippen molar-refractivity contribution in [1.29, 1.82) is 0 Å². The minimum absolute atomic E-state index is 0.174. The first kappa shape index (κ1) is 15.4. The lowest BCUT2D eigenvalue weighted by atomic mass is 10.2. The smallest absolute Gasteiger partial charge is 0.252 e. The SMILES string of the molecule is CCc1csc(C(C)NC(=O)c2cc(CC)[nH]c(=O)c2)n1. The van der Waals surface area contributed by atoms with Crippen molar-refractivity contribution in [3.05, 3.63) is 49.8 Å². The first-order valence-electron chi connectivity index (χ1n) is 7.01. The molecule has 0 saturated heterocycles. The molecule has 21 heavy (non-hydrogen) atoms. The summed E-state index contributed by atoms with van der Waals surface area (Å²) in [5.41, 5.74) is 1.91. The minimum atomic E-state index is -0.255. The van der Waals surface area contributed by atoms with Crippen LogP contribution in [-0.4, -0.2) is 15.9 Å². The van der Waals surface area contributed by atoms with E-state index in [2.05, 4.69) is 15.3 Å². The molecule has 0 aliphatic carbocycles. The summed E-state index contributed by atoms with van der Waals surface area (Å²) in [6, 6.07) is 2.86. The van der Waals surface area contributed by atoms with Gasteiger partial charge in [-0.25, -0.2) is 4.98 Å². The molecule has 0 spiro atoms. The van der Waals surface area contributed by atoms with Crippen molar-refractivity contribution in [3.8, 4) is 0 Å². The van der Waals surface area contributed by atoms with Gasteiger partial charge in [-0.05, 0) is 25.8 Å². The number of aromatic amines is 1. The van der Waals surface area contributed by atoms with Gasteiger partial charge in [-0.2, -0.15) is 0 Å². The predicted molar refractivity (Wildman–Crippen MR) is 83.8 cm³/mol. The highest BCUT2D eigenvalue weighted by molar-refractivity contribution is 7.09. The Morgan fingerprint density at radius 3 is 2.76 bits per heavy atom. The summed E-state index contributed by atoms with van der Waals surface area (Å²) >= 11 is 1.54. The van der Waals surface area contributed by atoms with Crippen LogP contribution < -0.4 is 10.9 Å². The molecule has 1 amide bonds. The van der Waals surface area contributed by atoms with E-state index in [1.807, 2.05) is 26.2 Å². The van der Waals surface area contributed by atoms with Gasteiger partial charge < -0.3 is 10.3 Å². The molecule has 0 radical (unpaired) electrons. The van der Waals surface area contributed by atoms with Gasteiger partial charge in [-0.15, -0.1) is 11.3 Å². The van der Waals surface area contributed by atoms with Crippen molar-refractivity contribution in [2.45, 2.75) is 39.7 Å². The van der Waals surface area contributed by atoms with Crippen LogP contribution in [0.25, 0.3) is 0 Å². The Balaban J connectivity index is 2.13. The summed E-state index contributed by atoms with van der Waals surface area (Å²) in [6.07, 6.45) is 1.56. The Bertz CT molecular complexity index is 690. The number of hydrogen-bond acceptors (Lipinski definition) is 4. The first-order valence-corrected chi connectivity index (χ1v) is 7.89. The molecule has 0 aliphatic rings. The van der Waals surface area contributed by atoms with Crippen molar-refractivity contribution >= 4 is 17.2 Å². The largest absolute Gasteiger partial charge is 0.343 e. The van der Waals surface area contributed by atoms with E-state index in [-0.39, 0.29) is 17.5 Å². The van der Waals surface area contributed by atoms with Gasteiger partial charge in [0.1, 0.15) is 5.01 Å². The van der Waals surface area contributed by atoms with Crippen molar-refractivity contribution in [3.63, 3.8) is 0 Å². The second-order valence-corrected chi connectivity index (χ2v) is 5.73. The maximum Gasteiger partial charge on any atom is 0.252 e. The van der Waals surface area contributed by atoms with Crippen molar-refractivity contribution in [2.75, 3.05) is 0 Å². The molecule has 2 aromatic rings. The fourth-order valence-electron chi connectivity index (χ4n) is 1.95. The molecule has 1 unspecified atom stereocenters. The number of carbonyl (C=O) groups excluding carboxylic acids is 1. The van der Waals surface area contributed by atoms with Gasteiger partial charge >= 0.3 is 0 Å². The third kappa shape index (κ3) is 3.78. The van der Waals surface area contributed by atoms with E-state index < -0.39 is 0 Å². The van der Waals surface area contributed by atoms with Gasteiger partial charge in [0.25, 0.3) is 5.91 Å². The van der Waals surface area contributed by atoms with Crippen LogP contribution in [0.5, 0.6) is 0 Å². The normalized spacial score (nSPS) is 12.1. The average molecular weight is 305 g/mol. The fraction of sp³-hybridized carbons (Fsp3) is 0.400. The van der Waals surface area contributed by atoms with Gasteiger partial charge in [0.2, 0.25) is 5.56 Å². The van der Waals surface area contributed by atoms with Crippen LogP contribution in [0.1, 0.15) is 53.6 Å². The molecule has 2 heterocycles. The summed E-state index contributed by atoms with van der Waals surface area (Å²) in [6.45, 7) is 5.87. The zero-order chi connectivity index (χ0) is 15.4. The van der Waals surface area contributed by atoms with E-state index in [1.165, 1.54) is 17.4 Å².